The number of anilines is 1. The average molecular weight is 257 g/mol. The molecule has 0 radical (unpaired) electrons. The molecule has 1 N–H and O–H groups in total. The zero-order valence-corrected chi connectivity index (χ0v) is 11.3. The van der Waals surface area contributed by atoms with E-state index in [1.807, 2.05) is 0 Å². The van der Waals surface area contributed by atoms with Crippen LogP contribution in [0.4, 0.5) is 5.13 Å². The highest BCUT2D eigenvalue weighted by molar-refractivity contribution is 7.09. The number of hydrogen-bond donors (Lipinski definition) is 1. The Bertz CT molecular complexity index is 365. The Labute approximate surface area is 106 Å². The van der Waals surface area contributed by atoms with Crippen LogP contribution < -0.4 is 4.90 Å². The van der Waals surface area contributed by atoms with E-state index in [2.05, 4.69) is 30.1 Å². The van der Waals surface area contributed by atoms with Crippen LogP contribution in [0.5, 0.6) is 0 Å². The summed E-state index contributed by atoms with van der Waals surface area (Å²) in [7, 11) is 0. The van der Waals surface area contributed by atoms with Crippen LogP contribution >= 0.6 is 11.5 Å². The zero-order valence-electron chi connectivity index (χ0n) is 10.5. The van der Waals surface area contributed by atoms with Gasteiger partial charge in [0.1, 0.15) is 12.4 Å². The molecule has 0 fully saturated rings. The maximum atomic E-state index is 10.8. The van der Waals surface area contributed by atoms with Gasteiger partial charge in [0, 0.05) is 24.5 Å². The highest BCUT2D eigenvalue weighted by atomic mass is 32.1. The fourth-order valence-electron chi connectivity index (χ4n) is 1.51. The van der Waals surface area contributed by atoms with E-state index in [-0.39, 0.29) is 6.54 Å². The lowest BCUT2D eigenvalue weighted by atomic mass is 10.2. The van der Waals surface area contributed by atoms with E-state index >= 15 is 0 Å². The molecule has 17 heavy (non-hydrogen) atoms. The standard InChI is InChI=1S/C11H19N3O2S/c1-4-5-9-12-11(17-13-9)14(6-8(2)3)7-10(15)16/h8H,4-7H2,1-3H3,(H,15,16). The van der Waals surface area contributed by atoms with Crippen molar-refractivity contribution >= 4 is 22.6 Å². The third-order valence-electron chi connectivity index (χ3n) is 2.11. The van der Waals surface area contributed by atoms with Gasteiger partial charge in [0.05, 0.1) is 0 Å². The number of nitrogens with zero attached hydrogens (tertiary/aromatic N) is 3. The zero-order chi connectivity index (χ0) is 12.8. The lowest BCUT2D eigenvalue weighted by Crippen LogP contribution is -2.32. The van der Waals surface area contributed by atoms with Gasteiger partial charge in [0.25, 0.3) is 0 Å². The molecule has 0 unspecified atom stereocenters. The minimum absolute atomic E-state index is 0.0149. The summed E-state index contributed by atoms with van der Waals surface area (Å²) in [4.78, 5) is 17.0. The summed E-state index contributed by atoms with van der Waals surface area (Å²) < 4.78 is 4.24. The van der Waals surface area contributed by atoms with Crippen LogP contribution in [-0.2, 0) is 11.2 Å². The van der Waals surface area contributed by atoms with E-state index in [4.69, 9.17) is 5.11 Å². The lowest BCUT2D eigenvalue weighted by Gasteiger charge is -2.20. The van der Waals surface area contributed by atoms with E-state index in [0.717, 1.165) is 18.7 Å². The first kappa shape index (κ1) is 13.9. The van der Waals surface area contributed by atoms with Crippen molar-refractivity contribution in [2.75, 3.05) is 18.0 Å². The number of carbonyl (C=O) groups is 1. The van der Waals surface area contributed by atoms with Gasteiger partial charge >= 0.3 is 5.97 Å². The molecule has 0 aliphatic rings. The number of rotatable bonds is 7. The molecule has 1 heterocycles. The van der Waals surface area contributed by atoms with E-state index in [9.17, 15) is 4.79 Å². The molecular weight excluding hydrogens is 238 g/mol. The summed E-state index contributed by atoms with van der Waals surface area (Å²) in [5.74, 6) is 0.373. The second kappa shape index (κ2) is 6.54. The Kier molecular flexibility index (Phi) is 5.34. The van der Waals surface area contributed by atoms with Gasteiger partial charge in [-0.25, -0.2) is 4.98 Å². The molecular formula is C11H19N3O2S. The molecule has 0 atom stereocenters. The van der Waals surface area contributed by atoms with E-state index < -0.39 is 5.97 Å². The molecule has 0 aliphatic heterocycles. The summed E-state index contributed by atoms with van der Waals surface area (Å²) in [5.41, 5.74) is 0. The fourth-order valence-corrected chi connectivity index (χ4v) is 2.23. The first-order valence-corrected chi connectivity index (χ1v) is 6.59. The van der Waals surface area contributed by atoms with Gasteiger partial charge in [0.2, 0.25) is 5.13 Å². The Morgan fingerprint density at radius 2 is 2.24 bits per heavy atom. The summed E-state index contributed by atoms with van der Waals surface area (Å²) in [6.07, 6.45) is 1.85. The van der Waals surface area contributed by atoms with Gasteiger partial charge in [-0.15, -0.1) is 0 Å². The first-order valence-electron chi connectivity index (χ1n) is 5.82. The van der Waals surface area contributed by atoms with Crippen molar-refractivity contribution in [3.63, 3.8) is 0 Å². The van der Waals surface area contributed by atoms with Crippen molar-refractivity contribution in [3.8, 4) is 0 Å². The smallest absolute Gasteiger partial charge is 0.323 e. The minimum atomic E-state index is -0.835. The SMILES string of the molecule is CCCc1nsc(N(CC(=O)O)CC(C)C)n1. The van der Waals surface area contributed by atoms with Crippen LogP contribution in [-0.4, -0.2) is 33.5 Å². The molecule has 0 aliphatic carbocycles. The van der Waals surface area contributed by atoms with Crippen LogP contribution in [0.15, 0.2) is 0 Å². The number of aryl methyl sites for hydroxylation is 1. The number of carboxylic acids is 1. The summed E-state index contributed by atoms with van der Waals surface area (Å²) in [6, 6.07) is 0. The van der Waals surface area contributed by atoms with Crippen molar-refractivity contribution in [1.29, 1.82) is 0 Å². The summed E-state index contributed by atoms with van der Waals surface area (Å²) in [6.45, 7) is 6.86. The monoisotopic (exact) mass is 257 g/mol. The van der Waals surface area contributed by atoms with Gasteiger partial charge in [-0.2, -0.15) is 4.37 Å². The lowest BCUT2D eigenvalue weighted by molar-refractivity contribution is -0.135. The van der Waals surface area contributed by atoms with E-state index in [1.54, 1.807) is 4.90 Å². The predicted molar refractivity (Wildman–Crippen MR) is 68.6 cm³/mol. The highest BCUT2D eigenvalue weighted by Gasteiger charge is 2.16. The molecule has 0 saturated heterocycles. The third kappa shape index (κ3) is 4.68. The molecule has 5 nitrogen and oxygen atoms in total. The van der Waals surface area contributed by atoms with Crippen LogP contribution in [0.1, 0.15) is 33.0 Å². The van der Waals surface area contributed by atoms with Gasteiger partial charge in [0.15, 0.2) is 0 Å². The predicted octanol–water partition coefficient (Wildman–Crippen LogP) is 2.04. The summed E-state index contributed by atoms with van der Waals surface area (Å²) >= 11 is 1.28. The van der Waals surface area contributed by atoms with Crippen LogP contribution in [0.3, 0.4) is 0 Å². The molecule has 0 spiro atoms. The van der Waals surface area contributed by atoms with Crippen molar-refractivity contribution in [2.24, 2.45) is 5.92 Å². The van der Waals surface area contributed by atoms with E-state index in [0.29, 0.717) is 17.6 Å². The van der Waals surface area contributed by atoms with Crippen molar-refractivity contribution in [1.82, 2.24) is 9.36 Å². The Morgan fingerprint density at radius 1 is 1.53 bits per heavy atom. The molecule has 1 aromatic rings. The van der Waals surface area contributed by atoms with Crippen molar-refractivity contribution in [3.05, 3.63) is 5.82 Å². The second-order valence-corrected chi connectivity index (χ2v) is 5.14. The minimum Gasteiger partial charge on any atom is -0.480 e. The Hall–Kier alpha value is -1.17. The number of aromatic nitrogens is 2. The fraction of sp³-hybridized carbons (Fsp3) is 0.727. The maximum Gasteiger partial charge on any atom is 0.323 e. The molecule has 0 saturated carbocycles. The first-order chi connectivity index (χ1) is 8.02. The molecule has 0 aromatic carbocycles. The molecule has 1 rings (SSSR count). The van der Waals surface area contributed by atoms with Crippen LogP contribution in [0, 0.1) is 5.92 Å². The number of aliphatic carboxylic acids is 1. The molecule has 6 heteroatoms. The van der Waals surface area contributed by atoms with Crippen LogP contribution in [0.25, 0.3) is 0 Å². The van der Waals surface area contributed by atoms with Gasteiger partial charge in [-0.05, 0) is 12.3 Å². The molecule has 0 amide bonds. The molecule has 0 bridgehead atoms. The van der Waals surface area contributed by atoms with Crippen molar-refractivity contribution < 1.29 is 9.90 Å². The normalized spacial score (nSPS) is 10.8. The Morgan fingerprint density at radius 3 is 2.76 bits per heavy atom. The average Bonchev–Trinajstić information content (AvgIpc) is 2.64. The van der Waals surface area contributed by atoms with Crippen LogP contribution in [0.2, 0.25) is 0 Å². The maximum absolute atomic E-state index is 10.8. The van der Waals surface area contributed by atoms with Gasteiger partial charge in [-0.3, -0.25) is 4.79 Å². The molecule has 96 valence electrons. The number of hydrogen-bond acceptors (Lipinski definition) is 5. The topological polar surface area (TPSA) is 66.3 Å². The highest BCUT2D eigenvalue weighted by Crippen LogP contribution is 2.19. The second-order valence-electron chi connectivity index (χ2n) is 4.41. The Balaban J connectivity index is 2.76. The third-order valence-corrected chi connectivity index (χ3v) is 2.93. The largest absolute Gasteiger partial charge is 0.480 e. The van der Waals surface area contributed by atoms with Crippen molar-refractivity contribution in [2.45, 2.75) is 33.6 Å². The number of carboxylic acid groups (broad SMARTS) is 1. The van der Waals surface area contributed by atoms with E-state index in [1.165, 1.54) is 11.5 Å². The van der Waals surface area contributed by atoms with Gasteiger partial charge < -0.3 is 10.0 Å². The quantitative estimate of drug-likeness (QED) is 0.809. The molecule has 1 aromatic heterocycles. The van der Waals surface area contributed by atoms with Gasteiger partial charge in [-0.1, -0.05) is 20.8 Å². The summed E-state index contributed by atoms with van der Waals surface area (Å²) in [5, 5.41) is 9.60.